The summed E-state index contributed by atoms with van der Waals surface area (Å²) in [5.41, 5.74) is 0. The highest BCUT2D eigenvalue weighted by atomic mass is 16.1. The molecule has 1 aliphatic rings. The summed E-state index contributed by atoms with van der Waals surface area (Å²) in [6.07, 6.45) is 5.15. The third kappa shape index (κ3) is 7.34. The number of hydrogen-bond acceptors (Lipinski definition) is 2. The van der Waals surface area contributed by atoms with Crippen LogP contribution in [-0.4, -0.2) is 51.1 Å². The minimum absolute atomic E-state index is 0.203. The normalized spacial score (nSPS) is 20.5. The molecule has 99 valence electrons. The minimum atomic E-state index is 0.203. The lowest BCUT2D eigenvalue weighted by atomic mass is 9.94. The Morgan fingerprint density at radius 3 is 2.94 bits per heavy atom. The molecule has 0 aromatic rings. The van der Waals surface area contributed by atoms with Gasteiger partial charge in [0.2, 0.25) is 5.91 Å². The summed E-state index contributed by atoms with van der Waals surface area (Å²) in [5, 5.41) is 7.38. The molecule has 0 bridgehead atoms. The van der Waals surface area contributed by atoms with E-state index in [-0.39, 0.29) is 5.91 Å². The molecule has 1 rings (SSSR count). The lowest BCUT2D eigenvalue weighted by molar-refractivity contribution is -0.121. The van der Waals surface area contributed by atoms with Crippen LogP contribution >= 0.6 is 0 Å². The Balaban J connectivity index is 1.96. The molecule has 1 radical (unpaired) electrons. The summed E-state index contributed by atoms with van der Waals surface area (Å²) in [5.74, 6) is 0.852. The lowest BCUT2D eigenvalue weighted by Crippen LogP contribution is -2.29. The van der Waals surface area contributed by atoms with Crippen LogP contribution in [0.5, 0.6) is 0 Å². The van der Waals surface area contributed by atoms with Crippen LogP contribution in [0.1, 0.15) is 32.1 Å². The third-order valence-corrected chi connectivity index (χ3v) is 3.20. The zero-order valence-corrected chi connectivity index (χ0v) is 11.2. The maximum Gasteiger partial charge on any atom is 0.220 e. The average molecular weight is 240 g/mol. The number of piperidine rings is 1. The first kappa shape index (κ1) is 14.5. The van der Waals surface area contributed by atoms with E-state index in [1.807, 2.05) is 14.1 Å². The standard InChI is InChI=1S/C13H26N3O/c1-16(2)10-4-9-15-13(17)7-6-12-5-3-8-14-11-12/h12H,3-11H2,1-2H3,(H,15,17). The highest BCUT2D eigenvalue weighted by Crippen LogP contribution is 2.16. The van der Waals surface area contributed by atoms with E-state index < -0.39 is 0 Å². The van der Waals surface area contributed by atoms with Gasteiger partial charge >= 0.3 is 0 Å². The Kier molecular flexibility index (Phi) is 7.21. The first-order valence-electron chi connectivity index (χ1n) is 6.73. The fraction of sp³-hybridized carbons (Fsp3) is 0.923. The maximum absolute atomic E-state index is 11.6. The predicted molar refractivity (Wildman–Crippen MR) is 70.0 cm³/mol. The van der Waals surface area contributed by atoms with Crippen molar-refractivity contribution in [2.45, 2.75) is 32.1 Å². The van der Waals surface area contributed by atoms with Crippen molar-refractivity contribution in [2.75, 3.05) is 40.3 Å². The van der Waals surface area contributed by atoms with E-state index in [0.717, 1.165) is 39.0 Å². The molecule has 4 heteroatoms. The SMILES string of the molecule is CN(C)CCCNC(=O)CCC1CCC[N]C1. The van der Waals surface area contributed by atoms with E-state index in [1.54, 1.807) is 0 Å². The lowest BCUT2D eigenvalue weighted by Gasteiger charge is -2.20. The van der Waals surface area contributed by atoms with Crippen molar-refractivity contribution in [3.63, 3.8) is 0 Å². The average Bonchev–Trinajstić information content (AvgIpc) is 2.33. The number of nitrogens with one attached hydrogen (secondary N) is 1. The van der Waals surface area contributed by atoms with Crippen molar-refractivity contribution < 1.29 is 4.79 Å². The van der Waals surface area contributed by atoms with Gasteiger partial charge in [0, 0.05) is 26.1 Å². The number of carbonyl (C=O) groups is 1. The van der Waals surface area contributed by atoms with Gasteiger partial charge in [-0.05, 0) is 52.2 Å². The Morgan fingerprint density at radius 2 is 2.29 bits per heavy atom. The Labute approximate surface area is 105 Å². The Morgan fingerprint density at radius 1 is 1.47 bits per heavy atom. The van der Waals surface area contributed by atoms with Crippen LogP contribution in [-0.2, 0) is 4.79 Å². The molecule has 1 fully saturated rings. The first-order valence-corrected chi connectivity index (χ1v) is 6.73. The highest BCUT2D eigenvalue weighted by Gasteiger charge is 2.14. The fourth-order valence-electron chi connectivity index (χ4n) is 2.14. The van der Waals surface area contributed by atoms with Gasteiger partial charge in [-0.1, -0.05) is 0 Å². The molecule has 1 heterocycles. The number of hydrogen-bond donors (Lipinski definition) is 1. The molecule has 0 saturated carbocycles. The van der Waals surface area contributed by atoms with Crippen LogP contribution in [0.4, 0.5) is 0 Å². The molecule has 0 aromatic carbocycles. The molecule has 1 aliphatic heterocycles. The largest absolute Gasteiger partial charge is 0.356 e. The molecule has 1 atom stereocenters. The van der Waals surface area contributed by atoms with Gasteiger partial charge in [0.25, 0.3) is 0 Å². The summed E-state index contributed by atoms with van der Waals surface area (Å²) < 4.78 is 0. The molecule has 1 amide bonds. The van der Waals surface area contributed by atoms with Crippen LogP contribution < -0.4 is 10.6 Å². The Bertz CT molecular complexity index is 213. The molecule has 0 aliphatic carbocycles. The number of rotatable bonds is 7. The predicted octanol–water partition coefficient (Wildman–Crippen LogP) is 0.849. The highest BCUT2D eigenvalue weighted by molar-refractivity contribution is 5.75. The van der Waals surface area contributed by atoms with Crippen LogP contribution in [0.25, 0.3) is 0 Å². The van der Waals surface area contributed by atoms with Gasteiger partial charge in [-0.25, -0.2) is 5.32 Å². The van der Waals surface area contributed by atoms with E-state index in [1.165, 1.54) is 12.8 Å². The summed E-state index contributed by atoms with van der Waals surface area (Å²) in [6.45, 7) is 3.81. The van der Waals surface area contributed by atoms with E-state index in [0.29, 0.717) is 12.3 Å². The van der Waals surface area contributed by atoms with E-state index >= 15 is 0 Å². The molecular weight excluding hydrogens is 214 g/mol. The van der Waals surface area contributed by atoms with Gasteiger partial charge in [0.15, 0.2) is 0 Å². The van der Waals surface area contributed by atoms with Crippen molar-refractivity contribution in [3.05, 3.63) is 0 Å². The summed E-state index contributed by atoms with van der Waals surface area (Å²) in [4.78, 5) is 13.7. The number of amides is 1. The van der Waals surface area contributed by atoms with Gasteiger partial charge in [-0.2, -0.15) is 0 Å². The molecule has 0 spiro atoms. The van der Waals surface area contributed by atoms with Gasteiger partial charge in [0.05, 0.1) is 0 Å². The monoisotopic (exact) mass is 240 g/mol. The summed E-state index contributed by atoms with van der Waals surface area (Å²) in [7, 11) is 4.10. The van der Waals surface area contributed by atoms with Crippen LogP contribution in [0.2, 0.25) is 0 Å². The maximum atomic E-state index is 11.6. The summed E-state index contributed by atoms with van der Waals surface area (Å²) >= 11 is 0. The van der Waals surface area contributed by atoms with Crippen molar-refractivity contribution in [1.29, 1.82) is 0 Å². The topological polar surface area (TPSA) is 46.4 Å². The molecule has 1 unspecified atom stereocenters. The van der Waals surface area contributed by atoms with Gasteiger partial charge in [0.1, 0.15) is 0 Å². The molecular formula is C13H26N3O. The van der Waals surface area contributed by atoms with Crippen LogP contribution in [0.15, 0.2) is 0 Å². The minimum Gasteiger partial charge on any atom is -0.356 e. The van der Waals surface area contributed by atoms with E-state index in [2.05, 4.69) is 15.5 Å². The fourth-order valence-corrected chi connectivity index (χ4v) is 2.14. The molecule has 4 nitrogen and oxygen atoms in total. The van der Waals surface area contributed by atoms with Gasteiger partial charge in [-0.15, -0.1) is 0 Å². The zero-order chi connectivity index (χ0) is 12.5. The second-order valence-corrected chi connectivity index (χ2v) is 5.18. The molecule has 1 N–H and O–H groups in total. The van der Waals surface area contributed by atoms with Crippen molar-refractivity contribution in [1.82, 2.24) is 15.5 Å². The van der Waals surface area contributed by atoms with Crippen LogP contribution in [0.3, 0.4) is 0 Å². The number of carbonyl (C=O) groups excluding carboxylic acids is 1. The van der Waals surface area contributed by atoms with Crippen molar-refractivity contribution in [3.8, 4) is 0 Å². The second kappa shape index (κ2) is 8.48. The zero-order valence-electron chi connectivity index (χ0n) is 11.2. The molecule has 1 saturated heterocycles. The molecule has 0 aromatic heterocycles. The van der Waals surface area contributed by atoms with Gasteiger partial charge < -0.3 is 10.2 Å². The van der Waals surface area contributed by atoms with E-state index in [9.17, 15) is 4.79 Å². The van der Waals surface area contributed by atoms with Crippen molar-refractivity contribution in [2.24, 2.45) is 5.92 Å². The smallest absolute Gasteiger partial charge is 0.220 e. The quantitative estimate of drug-likeness (QED) is 0.671. The Hall–Kier alpha value is -0.610. The van der Waals surface area contributed by atoms with E-state index in [4.69, 9.17) is 0 Å². The third-order valence-electron chi connectivity index (χ3n) is 3.20. The molecule has 17 heavy (non-hydrogen) atoms. The summed E-state index contributed by atoms with van der Waals surface area (Å²) in [6, 6.07) is 0. The first-order chi connectivity index (χ1) is 8.18. The van der Waals surface area contributed by atoms with Crippen LogP contribution in [0, 0.1) is 5.92 Å². The van der Waals surface area contributed by atoms with Gasteiger partial charge in [-0.3, -0.25) is 4.79 Å². The van der Waals surface area contributed by atoms with Crippen molar-refractivity contribution >= 4 is 5.91 Å². The second-order valence-electron chi connectivity index (χ2n) is 5.18. The number of nitrogens with zero attached hydrogens (tertiary/aromatic N) is 2.